The first-order valence-corrected chi connectivity index (χ1v) is 11.2. The third-order valence-corrected chi connectivity index (χ3v) is 6.14. The summed E-state index contributed by atoms with van der Waals surface area (Å²) >= 11 is 0. The Balaban J connectivity index is 1.40. The van der Waals surface area contributed by atoms with Crippen molar-refractivity contribution in [2.24, 2.45) is 5.92 Å². The molecule has 0 radical (unpaired) electrons. The molecule has 4 rings (SSSR count). The maximum absolute atomic E-state index is 13.2. The number of ketones is 1. The van der Waals surface area contributed by atoms with Gasteiger partial charge in [0.15, 0.2) is 5.78 Å². The number of Topliss-reactive ketones (excluding diaryl/α,β-unsaturated/α-hetero) is 1. The van der Waals surface area contributed by atoms with Gasteiger partial charge in [-0.05, 0) is 80.0 Å². The molecule has 1 saturated heterocycles. The Bertz CT molecular complexity index is 1070. The maximum atomic E-state index is 13.2. The number of carbonyl (C=O) groups is 1. The normalized spacial score (nSPS) is 16.2. The van der Waals surface area contributed by atoms with E-state index in [1.54, 1.807) is 0 Å². The van der Waals surface area contributed by atoms with Crippen LogP contribution in [0.5, 0.6) is 5.75 Å². The first kappa shape index (κ1) is 24.0. The van der Waals surface area contributed by atoms with Crippen molar-refractivity contribution in [1.29, 1.82) is 0 Å². The number of piperidine rings is 1. The Morgan fingerprint density at radius 1 is 0.912 bits per heavy atom. The summed E-state index contributed by atoms with van der Waals surface area (Å²) in [5, 5.41) is 0. The van der Waals surface area contributed by atoms with Crippen LogP contribution >= 0.6 is 0 Å². The number of alkyl halides is 3. The van der Waals surface area contributed by atoms with E-state index in [2.05, 4.69) is 4.90 Å². The van der Waals surface area contributed by atoms with Crippen molar-refractivity contribution in [2.45, 2.75) is 25.1 Å². The highest BCUT2D eigenvalue weighted by Gasteiger charge is 2.31. The number of halogens is 4. The van der Waals surface area contributed by atoms with Crippen molar-refractivity contribution in [3.8, 4) is 5.75 Å². The van der Waals surface area contributed by atoms with Gasteiger partial charge >= 0.3 is 6.18 Å². The number of rotatable bonds is 7. The zero-order chi connectivity index (χ0) is 24.1. The van der Waals surface area contributed by atoms with Crippen LogP contribution in [0.1, 0.15) is 40.4 Å². The Hall–Kier alpha value is -3.19. The minimum absolute atomic E-state index is 0.0280. The van der Waals surface area contributed by atoms with Crippen molar-refractivity contribution < 1.29 is 27.1 Å². The Labute approximate surface area is 196 Å². The molecule has 7 heteroatoms. The first-order chi connectivity index (χ1) is 16.3. The van der Waals surface area contributed by atoms with Crippen molar-refractivity contribution in [1.82, 2.24) is 4.90 Å². The summed E-state index contributed by atoms with van der Waals surface area (Å²) < 4.78 is 57.9. The third-order valence-electron chi connectivity index (χ3n) is 6.14. The quantitative estimate of drug-likeness (QED) is 0.289. The molecule has 0 bridgehead atoms. The molecule has 0 N–H and O–H groups in total. The topological polar surface area (TPSA) is 29.5 Å². The van der Waals surface area contributed by atoms with E-state index in [0.29, 0.717) is 43.8 Å². The smallest absolute Gasteiger partial charge is 0.416 e. The standard InChI is InChI=1S/C27H25F4NO2/c28-23-10-6-20(7-11-23)26(33)21-14-16-32(17-15-21)18-25(19-4-2-1-3-5-19)34-24-12-8-22(9-13-24)27(29,30)31/h1-13,21,25H,14-18H2. The van der Waals surface area contributed by atoms with E-state index in [1.165, 1.54) is 36.4 Å². The average molecular weight is 471 g/mol. The molecule has 1 aliphatic rings. The largest absolute Gasteiger partial charge is 0.484 e. The molecule has 3 nitrogen and oxygen atoms in total. The number of hydrogen-bond acceptors (Lipinski definition) is 3. The van der Waals surface area contributed by atoms with E-state index >= 15 is 0 Å². The van der Waals surface area contributed by atoms with E-state index < -0.39 is 11.7 Å². The summed E-state index contributed by atoms with van der Waals surface area (Å²) in [6.07, 6.45) is -3.41. The number of benzene rings is 3. The maximum Gasteiger partial charge on any atom is 0.416 e. The second-order valence-electron chi connectivity index (χ2n) is 8.49. The Kier molecular flexibility index (Phi) is 7.32. The Morgan fingerprint density at radius 2 is 1.53 bits per heavy atom. The van der Waals surface area contributed by atoms with E-state index in [-0.39, 0.29) is 23.6 Å². The molecule has 1 unspecified atom stereocenters. The summed E-state index contributed by atoms with van der Waals surface area (Å²) in [7, 11) is 0. The number of ether oxygens (including phenoxy) is 1. The number of carbonyl (C=O) groups excluding carboxylic acids is 1. The minimum Gasteiger partial charge on any atom is -0.484 e. The molecule has 1 aliphatic heterocycles. The van der Waals surface area contributed by atoms with Gasteiger partial charge in [-0.25, -0.2) is 4.39 Å². The van der Waals surface area contributed by atoms with Gasteiger partial charge in [-0.2, -0.15) is 13.2 Å². The van der Waals surface area contributed by atoms with Crippen molar-refractivity contribution >= 4 is 5.78 Å². The van der Waals surface area contributed by atoms with Gasteiger partial charge in [0.05, 0.1) is 5.56 Å². The van der Waals surface area contributed by atoms with Crippen LogP contribution in [0.3, 0.4) is 0 Å². The molecule has 0 amide bonds. The molecule has 1 atom stereocenters. The van der Waals surface area contributed by atoms with Crippen molar-refractivity contribution in [2.75, 3.05) is 19.6 Å². The van der Waals surface area contributed by atoms with Crippen LogP contribution in [-0.2, 0) is 6.18 Å². The van der Waals surface area contributed by atoms with Crippen molar-refractivity contribution in [3.05, 3.63) is 101 Å². The SMILES string of the molecule is O=C(c1ccc(F)cc1)C1CCN(CC(Oc2ccc(C(F)(F)F)cc2)c2ccccc2)CC1. The van der Waals surface area contributed by atoms with E-state index in [0.717, 1.165) is 17.7 Å². The molecule has 178 valence electrons. The highest BCUT2D eigenvalue weighted by atomic mass is 19.4. The van der Waals surface area contributed by atoms with Crippen LogP contribution < -0.4 is 4.74 Å². The molecule has 0 aliphatic carbocycles. The van der Waals surface area contributed by atoms with Crippen LogP contribution in [0, 0.1) is 11.7 Å². The van der Waals surface area contributed by atoms with Gasteiger partial charge in [-0.15, -0.1) is 0 Å². The van der Waals surface area contributed by atoms with Gasteiger partial charge in [0, 0.05) is 18.0 Å². The summed E-state index contributed by atoms with van der Waals surface area (Å²) in [6.45, 7) is 1.93. The zero-order valence-electron chi connectivity index (χ0n) is 18.5. The summed E-state index contributed by atoms with van der Waals surface area (Å²) in [6, 6.07) is 19.9. The summed E-state index contributed by atoms with van der Waals surface area (Å²) in [5.41, 5.74) is 0.726. The van der Waals surface area contributed by atoms with Gasteiger partial charge in [0.25, 0.3) is 0 Å². The van der Waals surface area contributed by atoms with Gasteiger partial charge in [0.1, 0.15) is 17.7 Å². The minimum atomic E-state index is -4.40. The Morgan fingerprint density at radius 3 is 2.12 bits per heavy atom. The fourth-order valence-electron chi connectivity index (χ4n) is 4.23. The number of nitrogens with zero attached hydrogens (tertiary/aromatic N) is 1. The molecular formula is C27H25F4NO2. The molecule has 0 aromatic heterocycles. The first-order valence-electron chi connectivity index (χ1n) is 11.2. The lowest BCUT2D eigenvalue weighted by Crippen LogP contribution is -2.39. The predicted octanol–water partition coefficient (Wildman–Crippen LogP) is 6.56. The molecule has 1 heterocycles. The fraction of sp³-hybridized carbons (Fsp3) is 0.296. The molecule has 3 aromatic rings. The third kappa shape index (κ3) is 6.03. The van der Waals surface area contributed by atoms with Crippen LogP contribution in [0.4, 0.5) is 17.6 Å². The van der Waals surface area contributed by atoms with Crippen LogP contribution in [0.25, 0.3) is 0 Å². The lowest BCUT2D eigenvalue weighted by molar-refractivity contribution is -0.137. The highest BCUT2D eigenvalue weighted by Crippen LogP contribution is 2.32. The lowest BCUT2D eigenvalue weighted by Gasteiger charge is -2.34. The average Bonchev–Trinajstić information content (AvgIpc) is 2.84. The van der Waals surface area contributed by atoms with Gasteiger partial charge in [-0.3, -0.25) is 9.69 Å². The molecular weight excluding hydrogens is 446 g/mol. The molecule has 0 saturated carbocycles. The van der Waals surface area contributed by atoms with Gasteiger partial charge in [-0.1, -0.05) is 30.3 Å². The summed E-state index contributed by atoms with van der Waals surface area (Å²) in [5.74, 6) is -0.0948. The van der Waals surface area contributed by atoms with Gasteiger partial charge in [0.2, 0.25) is 0 Å². The second kappa shape index (κ2) is 10.4. The molecule has 1 fully saturated rings. The highest BCUT2D eigenvalue weighted by molar-refractivity contribution is 5.97. The predicted molar refractivity (Wildman–Crippen MR) is 121 cm³/mol. The van der Waals surface area contributed by atoms with E-state index in [1.807, 2.05) is 30.3 Å². The monoisotopic (exact) mass is 471 g/mol. The molecule has 3 aromatic carbocycles. The summed E-state index contributed by atoms with van der Waals surface area (Å²) in [4.78, 5) is 15.0. The van der Waals surface area contributed by atoms with Crippen LogP contribution in [-0.4, -0.2) is 30.3 Å². The molecule has 0 spiro atoms. The van der Waals surface area contributed by atoms with Gasteiger partial charge < -0.3 is 4.74 Å². The van der Waals surface area contributed by atoms with Crippen molar-refractivity contribution in [3.63, 3.8) is 0 Å². The second-order valence-corrected chi connectivity index (χ2v) is 8.49. The number of hydrogen-bond donors (Lipinski definition) is 0. The number of likely N-dealkylation sites (tertiary alicyclic amines) is 1. The molecule has 34 heavy (non-hydrogen) atoms. The fourth-order valence-corrected chi connectivity index (χ4v) is 4.23. The van der Waals surface area contributed by atoms with Crippen LogP contribution in [0.2, 0.25) is 0 Å². The zero-order valence-corrected chi connectivity index (χ0v) is 18.5. The van der Waals surface area contributed by atoms with E-state index in [9.17, 15) is 22.4 Å². The lowest BCUT2D eigenvalue weighted by atomic mass is 9.88. The van der Waals surface area contributed by atoms with Crippen LogP contribution in [0.15, 0.2) is 78.9 Å². The van der Waals surface area contributed by atoms with E-state index in [4.69, 9.17) is 4.74 Å².